The standard InChI is InChI=1S/C14H25NO9.7H2S/c1-23-14-13(22)11(20)8(7(4-17)24-14)15-6-2-5(3-16)9(18)12(21)10(6)19;;;;;;;/h2,6-22H,3-4H2,1H3;7*1H2/t6?,7-,8?,9-,10+,11+,12?,13?,14?;;;;;;;/m1......./s1. The van der Waals surface area contributed by atoms with Crippen LogP contribution in [0.3, 0.4) is 0 Å². The number of rotatable bonds is 5. The molecule has 17 heteroatoms. The monoisotopic (exact) mass is 589 g/mol. The van der Waals surface area contributed by atoms with Gasteiger partial charge in [0.2, 0.25) is 0 Å². The maximum Gasteiger partial charge on any atom is 0.186 e. The molecule has 196 valence electrons. The van der Waals surface area contributed by atoms with E-state index in [0.29, 0.717) is 0 Å². The Morgan fingerprint density at radius 3 is 1.77 bits per heavy atom. The van der Waals surface area contributed by atoms with Gasteiger partial charge in [0.25, 0.3) is 0 Å². The number of hydrogen-bond donors (Lipinski definition) is 8. The molecule has 1 saturated heterocycles. The lowest BCUT2D eigenvalue weighted by atomic mass is 9.86. The molecular formula is C14H39NO9S7. The number of methoxy groups -OCH3 is 1. The Morgan fingerprint density at radius 2 is 1.35 bits per heavy atom. The van der Waals surface area contributed by atoms with E-state index in [0.717, 1.165) is 0 Å². The van der Waals surface area contributed by atoms with E-state index in [1.165, 1.54) is 13.2 Å². The summed E-state index contributed by atoms with van der Waals surface area (Å²) < 4.78 is 10.2. The average Bonchev–Trinajstić information content (AvgIpc) is 2.59. The third-order valence-corrected chi connectivity index (χ3v) is 4.50. The van der Waals surface area contributed by atoms with E-state index in [-0.39, 0.29) is 100 Å². The topological polar surface area (TPSA) is 172 Å². The first-order valence-corrected chi connectivity index (χ1v) is 7.62. The number of nitrogens with one attached hydrogen (secondary N) is 1. The summed E-state index contributed by atoms with van der Waals surface area (Å²) in [5.41, 5.74) is 0.104. The highest BCUT2D eigenvalue weighted by Gasteiger charge is 2.47. The second-order valence-corrected chi connectivity index (χ2v) is 5.99. The van der Waals surface area contributed by atoms with Crippen molar-refractivity contribution in [3.63, 3.8) is 0 Å². The molecule has 0 spiro atoms. The maximum atomic E-state index is 10.3. The molecule has 0 radical (unpaired) electrons. The van der Waals surface area contributed by atoms with Crippen molar-refractivity contribution in [2.75, 3.05) is 20.3 Å². The van der Waals surface area contributed by atoms with Gasteiger partial charge in [-0.3, -0.25) is 0 Å². The highest BCUT2D eigenvalue weighted by Crippen LogP contribution is 2.25. The molecular weight excluding hydrogens is 551 g/mol. The minimum Gasteiger partial charge on any atom is -0.394 e. The van der Waals surface area contributed by atoms with Crippen LogP contribution < -0.4 is 5.32 Å². The smallest absolute Gasteiger partial charge is 0.186 e. The summed E-state index contributed by atoms with van der Waals surface area (Å²) in [6.45, 7) is -1.02. The first-order valence-electron chi connectivity index (χ1n) is 7.62. The summed E-state index contributed by atoms with van der Waals surface area (Å²) in [7, 11) is 1.28. The predicted octanol–water partition coefficient (Wildman–Crippen LogP) is -3.80. The van der Waals surface area contributed by atoms with E-state index < -0.39 is 68.2 Å². The predicted molar refractivity (Wildman–Crippen MR) is 151 cm³/mol. The van der Waals surface area contributed by atoms with Gasteiger partial charge in [-0.2, -0.15) is 94.5 Å². The van der Waals surface area contributed by atoms with Crippen molar-refractivity contribution in [2.45, 2.75) is 55.0 Å². The van der Waals surface area contributed by atoms with Crippen molar-refractivity contribution < 1.29 is 45.2 Å². The normalized spacial score (nSPS) is 36.1. The van der Waals surface area contributed by atoms with Crippen LogP contribution in [0.25, 0.3) is 0 Å². The molecule has 0 aromatic carbocycles. The summed E-state index contributed by atoms with van der Waals surface area (Å²) in [5.74, 6) is 0. The Bertz CT molecular complexity index is 470. The first-order chi connectivity index (χ1) is 11.3. The lowest BCUT2D eigenvalue weighted by Gasteiger charge is -2.44. The van der Waals surface area contributed by atoms with Crippen molar-refractivity contribution in [2.24, 2.45) is 0 Å². The molecule has 1 aliphatic carbocycles. The van der Waals surface area contributed by atoms with E-state index in [4.69, 9.17) is 9.47 Å². The van der Waals surface area contributed by atoms with Crippen LogP contribution in [0.15, 0.2) is 11.6 Å². The molecule has 1 aliphatic heterocycles. The fourth-order valence-electron chi connectivity index (χ4n) is 3.05. The minimum absolute atomic E-state index is 0. The van der Waals surface area contributed by atoms with Crippen LogP contribution in [0.2, 0.25) is 0 Å². The van der Waals surface area contributed by atoms with Gasteiger partial charge in [0.05, 0.1) is 25.3 Å². The van der Waals surface area contributed by atoms with Crippen LogP contribution in [0, 0.1) is 0 Å². The molecule has 10 nitrogen and oxygen atoms in total. The zero-order chi connectivity index (χ0) is 18.0. The van der Waals surface area contributed by atoms with Gasteiger partial charge in [0.15, 0.2) is 6.29 Å². The van der Waals surface area contributed by atoms with Crippen LogP contribution in [0.5, 0.6) is 0 Å². The van der Waals surface area contributed by atoms with Crippen LogP contribution in [0.4, 0.5) is 0 Å². The Balaban J connectivity index is -0.000000223. The van der Waals surface area contributed by atoms with E-state index in [1.54, 1.807) is 0 Å². The van der Waals surface area contributed by atoms with E-state index in [9.17, 15) is 35.7 Å². The largest absolute Gasteiger partial charge is 0.394 e. The van der Waals surface area contributed by atoms with Crippen molar-refractivity contribution in [1.82, 2.24) is 5.32 Å². The summed E-state index contributed by atoms with van der Waals surface area (Å²) >= 11 is 0. The lowest BCUT2D eigenvalue weighted by molar-refractivity contribution is -0.273. The Hall–Kier alpha value is 1.79. The summed E-state index contributed by atoms with van der Waals surface area (Å²) in [4.78, 5) is 0. The SMILES string of the molecule is COC1O[C@H](CO)C(NC2C=C(CO)[C@@H](O)C(O)[C@H]2O)[C@H](O)C1O.S.S.S.S.S.S.S. The van der Waals surface area contributed by atoms with E-state index in [2.05, 4.69) is 5.32 Å². The maximum absolute atomic E-state index is 10.3. The Morgan fingerprint density at radius 1 is 0.839 bits per heavy atom. The van der Waals surface area contributed by atoms with Gasteiger partial charge < -0.3 is 50.5 Å². The van der Waals surface area contributed by atoms with Crippen LogP contribution >= 0.6 is 94.5 Å². The second kappa shape index (κ2) is 21.1. The van der Waals surface area contributed by atoms with Gasteiger partial charge in [-0.15, -0.1) is 0 Å². The van der Waals surface area contributed by atoms with Crippen LogP contribution in [-0.4, -0.2) is 111 Å². The zero-order valence-electron chi connectivity index (χ0n) is 16.6. The minimum atomic E-state index is -1.54. The molecule has 2 aliphatic rings. The Kier molecular flexibility index (Phi) is 31.4. The van der Waals surface area contributed by atoms with Crippen molar-refractivity contribution >= 4 is 94.5 Å². The molecule has 5 unspecified atom stereocenters. The zero-order valence-corrected chi connectivity index (χ0v) is 23.6. The fourth-order valence-corrected chi connectivity index (χ4v) is 3.05. The Labute approximate surface area is 230 Å². The third-order valence-electron chi connectivity index (χ3n) is 4.50. The van der Waals surface area contributed by atoms with Gasteiger partial charge in [-0.25, -0.2) is 0 Å². The molecule has 1 fully saturated rings. The number of aliphatic hydroxyl groups is 7. The summed E-state index contributed by atoms with van der Waals surface area (Å²) in [5, 5.41) is 71.4. The van der Waals surface area contributed by atoms with Crippen molar-refractivity contribution in [1.29, 1.82) is 0 Å². The number of ether oxygens (including phenoxy) is 2. The summed E-state index contributed by atoms with van der Waals surface area (Å²) in [6.07, 6.45) is -7.90. The lowest BCUT2D eigenvalue weighted by Crippen LogP contribution is -2.67. The van der Waals surface area contributed by atoms with Gasteiger partial charge in [0.1, 0.15) is 36.6 Å². The molecule has 9 atom stereocenters. The van der Waals surface area contributed by atoms with Crippen molar-refractivity contribution in [3.8, 4) is 0 Å². The molecule has 0 aromatic rings. The van der Waals surface area contributed by atoms with Gasteiger partial charge >= 0.3 is 0 Å². The molecule has 31 heavy (non-hydrogen) atoms. The molecule has 1 heterocycles. The van der Waals surface area contributed by atoms with E-state index >= 15 is 0 Å². The quantitative estimate of drug-likeness (QED) is 0.149. The van der Waals surface area contributed by atoms with Crippen LogP contribution in [0.1, 0.15) is 0 Å². The first kappa shape index (κ1) is 46.2. The molecule has 0 aromatic heterocycles. The molecule has 0 amide bonds. The van der Waals surface area contributed by atoms with Gasteiger partial charge in [0, 0.05) is 7.11 Å². The summed E-state index contributed by atoms with van der Waals surface area (Å²) in [6, 6.07) is -1.94. The van der Waals surface area contributed by atoms with Crippen LogP contribution in [-0.2, 0) is 9.47 Å². The third kappa shape index (κ3) is 10.5. The highest BCUT2D eigenvalue weighted by molar-refractivity contribution is 7.60. The molecule has 0 saturated carbocycles. The van der Waals surface area contributed by atoms with Gasteiger partial charge in [-0.05, 0) is 5.57 Å². The van der Waals surface area contributed by atoms with E-state index in [1.807, 2.05) is 0 Å². The average molecular weight is 590 g/mol. The second-order valence-electron chi connectivity index (χ2n) is 5.99. The van der Waals surface area contributed by atoms with Gasteiger partial charge in [-0.1, -0.05) is 6.08 Å². The molecule has 2 rings (SSSR count). The molecule has 0 bridgehead atoms. The fraction of sp³-hybridized carbons (Fsp3) is 0.857. The van der Waals surface area contributed by atoms with Crippen molar-refractivity contribution in [3.05, 3.63) is 11.6 Å². The number of hydrogen-bond acceptors (Lipinski definition) is 10. The number of aliphatic hydroxyl groups excluding tert-OH is 7. The molecule has 8 N–H and O–H groups in total. The highest BCUT2D eigenvalue weighted by atomic mass is 32.1.